The zero-order valence-electron chi connectivity index (χ0n) is 19.9. The molecule has 0 aliphatic carbocycles. The summed E-state index contributed by atoms with van der Waals surface area (Å²) in [5.74, 6) is -1.09. The third-order valence-electron chi connectivity index (χ3n) is 6.30. The second-order valence-electron chi connectivity index (χ2n) is 8.80. The second kappa shape index (κ2) is 11.0. The lowest BCUT2D eigenvalue weighted by atomic mass is 10.0. The van der Waals surface area contributed by atoms with Gasteiger partial charge in [0.15, 0.2) is 5.83 Å². The van der Waals surface area contributed by atoms with Gasteiger partial charge in [-0.2, -0.15) is 0 Å². The van der Waals surface area contributed by atoms with Crippen molar-refractivity contribution in [2.24, 2.45) is 0 Å². The first-order chi connectivity index (χ1) is 16.8. The molecule has 1 unspecified atom stereocenters. The largest absolute Gasteiger partial charge is 0.491 e. The van der Waals surface area contributed by atoms with Crippen LogP contribution in [0.5, 0.6) is 5.75 Å². The van der Waals surface area contributed by atoms with Gasteiger partial charge in [-0.25, -0.2) is 14.4 Å². The van der Waals surface area contributed by atoms with E-state index in [0.29, 0.717) is 45.8 Å². The number of carbonyl (C=O) groups excluding carboxylic acids is 1. The number of aromatic nitrogens is 2. The molecule has 3 aromatic rings. The van der Waals surface area contributed by atoms with Crippen molar-refractivity contribution in [3.05, 3.63) is 59.7 Å². The first kappa shape index (κ1) is 24.9. The molecule has 0 bridgehead atoms. The molecule has 1 aliphatic rings. The predicted octanol–water partition coefficient (Wildman–Crippen LogP) is 6.01. The highest BCUT2D eigenvalue weighted by atomic mass is 35.5. The molecule has 1 saturated heterocycles. The van der Waals surface area contributed by atoms with Gasteiger partial charge in [0.25, 0.3) is 5.91 Å². The molecule has 0 radical (unpaired) electrons. The minimum absolute atomic E-state index is 0.318. The number of amides is 1. The minimum Gasteiger partial charge on any atom is -0.491 e. The van der Waals surface area contributed by atoms with Gasteiger partial charge in [-0.3, -0.25) is 4.79 Å². The van der Waals surface area contributed by atoms with Gasteiger partial charge in [0.05, 0.1) is 17.8 Å². The van der Waals surface area contributed by atoms with Crippen molar-refractivity contribution in [3.63, 3.8) is 0 Å². The van der Waals surface area contributed by atoms with Crippen LogP contribution >= 0.6 is 11.6 Å². The fourth-order valence-electron chi connectivity index (χ4n) is 4.21. The SMILES string of the molecule is C=C(F)C(=O)Nc1cc2c(Nc3ccc(C)c(Cl)c3)ncnc2cc1OCCC1CCCCN1C. The van der Waals surface area contributed by atoms with E-state index in [0.717, 1.165) is 30.6 Å². The molecule has 2 heterocycles. The van der Waals surface area contributed by atoms with Gasteiger partial charge in [-0.05, 0) is 63.5 Å². The molecule has 184 valence electrons. The fourth-order valence-corrected chi connectivity index (χ4v) is 4.39. The van der Waals surface area contributed by atoms with Crippen LogP contribution in [-0.2, 0) is 4.79 Å². The lowest BCUT2D eigenvalue weighted by Crippen LogP contribution is -2.37. The number of hydrogen-bond acceptors (Lipinski definition) is 6. The summed E-state index contributed by atoms with van der Waals surface area (Å²) in [7, 11) is 2.13. The Morgan fingerprint density at radius 2 is 2.11 bits per heavy atom. The molecule has 1 atom stereocenters. The number of benzene rings is 2. The molecule has 4 rings (SSSR count). The van der Waals surface area contributed by atoms with Crippen molar-refractivity contribution in [1.29, 1.82) is 0 Å². The van der Waals surface area contributed by atoms with Crippen LogP contribution in [0.25, 0.3) is 10.9 Å². The smallest absolute Gasteiger partial charge is 0.283 e. The molecular weight excluding hydrogens is 469 g/mol. The molecule has 1 fully saturated rings. The molecule has 2 N–H and O–H groups in total. The Labute approximate surface area is 209 Å². The minimum atomic E-state index is -1.09. The first-order valence-electron chi connectivity index (χ1n) is 11.6. The number of hydrogen-bond donors (Lipinski definition) is 2. The van der Waals surface area contributed by atoms with Gasteiger partial charge in [0.2, 0.25) is 0 Å². The monoisotopic (exact) mass is 497 g/mol. The molecule has 1 aromatic heterocycles. The molecule has 0 spiro atoms. The van der Waals surface area contributed by atoms with Crippen LogP contribution in [0.1, 0.15) is 31.2 Å². The van der Waals surface area contributed by atoms with E-state index in [4.69, 9.17) is 16.3 Å². The van der Waals surface area contributed by atoms with Gasteiger partial charge < -0.3 is 20.3 Å². The van der Waals surface area contributed by atoms with Crippen LogP contribution in [0.2, 0.25) is 5.02 Å². The number of piperidine rings is 1. The summed E-state index contributed by atoms with van der Waals surface area (Å²) >= 11 is 6.26. The number of rotatable bonds is 8. The molecule has 2 aromatic carbocycles. The maximum absolute atomic E-state index is 13.5. The van der Waals surface area contributed by atoms with Crippen molar-refractivity contribution in [3.8, 4) is 5.75 Å². The highest BCUT2D eigenvalue weighted by Crippen LogP contribution is 2.34. The predicted molar refractivity (Wildman–Crippen MR) is 138 cm³/mol. The van der Waals surface area contributed by atoms with Gasteiger partial charge in [0.1, 0.15) is 17.9 Å². The molecule has 0 saturated carbocycles. The zero-order chi connectivity index (χ0) is 24.9. The average Bonchev–Trinajstić information content (AvgIpc) is 2.83. The van der Waals surface area contributed by atoms with Crippen molar-refractivity contribution >= 4 is 45.6 Å². The highest BCUT2D eigenvalue weighted by molar-refractivity contribution is 6.31. The van der Waals surface area contributed by atoms with Crippen LogP contribution in [0.15, 0.2) is 49.1 Å². The Kier molecular flexibility index (Phi) is 7.83. The topological polar surface area (TPSA) is 79.4 Å². The van der Waals surface area contributed by atoms with Crippen molar-refractivity contribution in [2.75, 3.05) is 30.8 Å². The van der Waals surface area contributed by atoms with Gasteiger partial charge in [0, 0.05) is 28.2 Å². The van der Waals surface area contributed by atoms with E-state index in [1.165, 1.54) is 19.2 Å². The molecule has 9 heteroatoms. The van der Waals surface area contributed by atoms with Crippen molar-refractivity contribution < 1.29 is 13.9 Å². The molecule has 7 nitrogen and oxygen atoms in total. The summed E-state index contributed by atoms with van der Waals surface area (Å²) in [5.41, 5.74) is 2.64. The van der Waals surface area contributed by atoms with E-state index < -0.39 is 11.7 Å². The molecular formula is C26H29ClFN5O2. The quantitative estimate of drug-likeness (QED) is 0.371. The summed E-state index contributed by atoms with van der Waals surface area (Å²) in [6, 6.07) is 9.46. The third-order valence-corrected chi connectivity index (χ3v) is 6.70. The standard InChI is InChI=1S/C26H29ClFN5O2/c1-16-7-8-18(12-21(16)27)31-25-20-13-23(32-26(34)17(2)28)24(14-22(20)29-15-30-25)35-11-9-19-6-4-5-10-33(19)3/h7-8,12-15,19H,2,4-6,9-11H2,1,3H3,(H,32,34)(H,29,30,31). The lowest BCUT2D eigenvalue weighted by Gasteiger charge is -2.32. The van der Waals surface area contributed by atoms with Crippen LogP contribution < -0.4 is 15.4 Å². The average molecular weight is 498 g/mol. The maximum atomic E-state index is 13.5. The van der Waals surface area contributed by atoms with E-state index in [2.05, 4.69) is 39.1 Å². The first-order valence-corrected chi connectivity index (χ1v) is 12.0. The number of halogens is 2. The van der Waals surface area contributed by atoms with Crippen LogP contribution in [0.3, 0.4) is 0 Å². The summed E-state index contributed by atoms with van der Waals surface area (Å²) < 4.78 is 19.6. The van der Waals surface area contributed by atoms with Crippen molar-refractivity contribution in [2.45, 2.75) is 38.6 Å². The van der Waals surface area contributed by atoms with Gasteiger partial charge >= 0.3 is 0 Å². The molecule has 1 amide bonds. The number of fused-ring (bicyclic) bond motifs is 1. The molecule has 35 heavy (non-hydrogen) atoms. The normalized spacial score (nSPS) is 16.2. The second-order valence-corrected chi connectivity index (χ2v) is 9.21. The van der Waals surface area contributed by atoms with Gasteiger partial charge in [-0.15, -0.1) is 0 Å². The lowest BCUT2D eigenvalue weighted by molar-refractivity contribution is -0.114. The van der Waals surface area contributed by atoms with Crippen LogP contribution in [0.4, 0.5) is 21.6 Å². The number of carbonyl (C=O) groups is 1. The van der Waals surface area contributed by atoms with E-state index in [9.17, 15) is 9.18 Å². The summed E-state index contributed by atoms with van der Waals surface area (Å²) in [4.78, 5) is 23.2. The number of aryl methyl sites for hydroxylation is 1. The number of ether oxygens (including phenoxy) is 1. The van der Waals surface area contributed by atoms with E-state index in [1.54, 1.807) is 18.2 Å². The highest BCUT2D eigenvalue weighted by Gasteiger charge is 2.20. The summed E-state index contributed by atoms with van der Waals surface area (Å²) in [5, 5.41) is 7.05. The fraction of sp³-hybridized carbons (Fsp3) is 0.346. The Morgan fingerprint density at radius 1 is 1.29 bits per heavy atom. The summed E-state index contributed by atoms with van der Waals surface area (Å²) in [6.07, 6.45) is 5.86. The van der Waals surface area contributed by atoms with Crippen LogP contribution in [0, 0.1) is 6.92 Å². The Hall–Kier alpha value is -3.23. The Balaban J connectivity index is 1.62. The van der Waals surface area contributed by atoms with E-state index in [-0.39, 0.29) is 0 Å². The zero-order valence-corrected chi connectivity index (χ0v) is 20.7. The Morgan fingerprint density at radius 3 is 2.86 bits per heavy atom. The third kappa shape index (κ3) is 6.07. The molecule has 1 aliphatic heterocycles. The summed E-state index contributed by atoms with van der Waals surface area (Å²) in [6.45, 7) is 6.55. The van der Waals surface area contributed by atoms with E-state index >= 15 is 0 Å². The number of anilines is 3. The van der Waals surface area contributed by atoms with E-state index in [1.807, 2.05) is 19.1 Å². The van der Waals surface area contributed by atoms with Crippen LogP contribution in [-0.4, -0.2) is 47.0 Å². The number of likely N-dealkylation sites (tertiary alicyclic amines) is 1. The Bertz CT molecular complexity index is 1250. The van der Waals surface area contributed by atoms with Crippen molar-refractivity contribution in [1.82, 2.24) is 14.9 Å². The number of nitrogens with zero attached hydrogens (tertiary/aromatic N) is 3. The van der Waals surface area contributed by atoms with Gasteiger partial charge in [-0.1, -0.05) is 30.7 Å². The maximum Gasteiger partial charge on any atom is 0.283 e. The number of nitrogens with one attached hydrogen (secondary N) is 2.